The Labute approximate surface area is 165 Å². The molecule has 0 amide bonds. The second-order valence-corrected chi connectivity index (χ2v) is 8.85. The summed E-state index contributed by atoms with van der Waals surface area (Å²) in [5.41, 5.74) is -0.423. The van der Waals surface area contributed by atoms with Crippen LogP contribution in [-0.4, -0.2) is 10.5 Å². The van der Waals surface area contributed by atoms with E-state index in [0.717, 1.165) is 18.8 Å². The lowest BCUT2D eigenvalue weighted by Gasteiger charge is -2.11. The molecule has 0 heterocycles. The van der Waals surface area contributed by atoms with Gasteiger partial charge in [0, 0.05) is 0 Å². The minimum atomic E-state index is -0.423. The van der Waals surface area contributed by atoms with E-state index in [1.165, 1.54) is 109 Å². The van der Waals surface area contributed by atoms with Crippen LogP contribution in [-0.2, 0) is 0 Å². The molecule has 2 atom stereocenters. The van der Waals surface area contributed by atoms with E-state index in [1.807, 2.05) is 0 Å². The molecule has 0 aliphatic rings. The molecule has 0 aliphatic carbocycles. The van der Waals surface area contributed by atoms with Crippen LogP contribution in [0.3, 0.4) is 0 Å². The third kappa shape index (κ3) is 22.3. The molecule has 152 valence electrons. The highest BCUT2D eigenvalue weighted by atomic mass is 32.1. The molecule has 0 bridgehead atoms. The summed E-state index contributed by atoms with van der Waals surface area (Å²) in [6.45, 7) is 4.60. The van der Waals surface area contributed by atoms with Gasteiger partial charge in [-0.15, -0.1) is 12.6 Å². The molecule has 0 spiro atoms. The molecular weight excluding hydrogens is 324 g/mol. The third-order valence-corrected chi connectivity index (χ3v) is 5.73. The number of aliphatic hydroxyl groups is 1. The molecule has 0 aromatic carbocycles. The molecule has 0 saturated heterocycles. The normalized spacial score (nSPS) is 13.9. The molecule has 0 aliphatic heterocycles. The van der Waals surface area contributed by atoms with Crippen LogP contribution in [0.2, 0.25) is 0 Å². The lowest BCUT2D eigenvalue weighted by molar-refractivity contribution is 0.239. The molecular formula is C23H48OS. The lowest BCUT2D eigenvalue weighted by Crippen LogP contribution is -2.01. The molecule has 0 rings (SSSR count). The Kier molecular flexibility index (Phi) is 20.9. The number of unbranched alkanes of at least 4 members (excludes halogenated alkanes) is 15. The van der Waals surface area contributed by atoms with E-state index in [0.29, 0.717) is 0 Å². The molecule has 0 radical (unpaired) electrons. The fourth-order valence-corrected chi connectivity index (χ4v) is 3.77. The predicted octanol–water partition coefficient (Wildman–Crippen LogP) is 8.30. The van der Waals surface area contributed by atoms with Crippen molar-refractivity contribution in [2.45, 2.75) is 141 Å². The number of hydrogen-bond acceptors (Lipinski definition) is 2. The Balaban J connectivity index is 3.07. The number of aliphatic hydroxyl groups excluding tert-OH is 1. The van der Waals surface area contributed by atoms with Crippen molar-refractivity contribution in [3.05, 3.63) is 0 Å². The van der Waals surface area contributed by atoms with Gasteiger partial charge in [-0.05, 0) is 18.8 Å². The lowest BCUT2D eigenvalue weighted by atomic mass is 9.97. The zero-order valence-electron chi connectivity index (χ0n) is 17.5. The standard InChI is InChI=1S/C23H48OS/c1-3-4-5-6-7-8-9-10-11-12-13-14-15-16-17-18-19-22(2)20-21-23(24)25/h22-25H,3-21H2,1-2H3. The highest BCUT2D eigenvalue weighted by Crippen LogP contribution is 2.18. The van der Waals surface area contributed by atoms with Crippen molar-refractivity contribution in [1.82, 2.24) is 0 Å². The summed E-state index contributed by atoms with van der Waals surface area (Å²) in [4.78, 5) is 0. The first-order valence-electron chi connectivity index (χ1n) is 11.5. The van der Waals surface area contributed by atoms with Crippen LogP contribution in [0.5, 0.6) is 0 Å². The van der Waals surface area contributed by atoms with Gasteiger partial charge in [0.2, 0.25) is 0 Å². The minimum absolute atomic E-state index is 0.423. The highest BCUT2D eigenvalue weighted by molar-refractivity contribution is 7.80. The molecule has 0 fully saturated rings. The van der Waals surface area contributed by atoms with Crippen molar-refractivity contribution in [2.24, 2.45) is 5.92 Å². The van der Waals surface area contributed by atoms with E-state index in [4.69, 9.17) is 0 Å². The molecule has 0 aromatic heterocycles. The summed E-state index contributed by atoms with van der Waals surface area (Å²) < 4.78 is 0. The predicted molar refractivity (Wildman–Crippen MR) is 118 cm³/mol. The fourth-order valence-electron chi connectivity index (χ4n) is 3.62. The van der Waals surface area contributed by atoms with Gasteiger partial charge in [-0.1, -0.05) is 123 Å². The summed E-state index contributed by atoms with van der Waals surface area (Å²) in [5, 5.41) is 9.18. The molecule has 25 heavy (non-hydrogen) atoms. The second kappa shape index (κ2) is 20.6. The largest absolute Gasteiger partial charge is 0.383 e. The Hall–Kier alpha value is 0.310. The summed E-state index contributed by atoms with van der Waals surface area (Å²) >= 11 is 4.03. The Morgan fingerprint density at radius 3 is 1.28 bits per heavy atom. The van der Waals surface area contributed by atoms with Crippen molar-refractivity contribution < 1.29 is 5.11 Å². The second-order valence-electron chi connectivity index (χ2n) is 8.26. The van der Waals surface area contributed by atoms with E-state index in [9.17, 15) is 5.11 Å². The van der Waals surface area contributed by atoms with Gasteiger partial charge in [0.25, 0.3) is 0 Å². The van der Waals surface area contributed by atoms with Gasteiger partial charge >= 0.3 is 0 Å². The fraction of sp³-hybridized carbons (Fsp3) is 1.00. The monoisotopic (exact) mass is 372 g/mol. The summed E-state index contributed by atoms with van der Waals surface area (Å²) in [6, 6.07) is 0. The maximum atomic E-state index is 9.18. The van der Waals surface area contributed by atoms with E-state index < -0.39 is 5.44 Å². The third-order valence-electron chi connectivity index (χ3n) is 5.47. The van der Waals surface area contributed by atoms with Gasteiger partial charge in [0.05, 0.1) is 5.44 Å². The average Bonchev–Trinajstić information content (AvgIpc) is 2.59. The SMILES string of the molecule is CCCCCCCCCCCCCCCCCCC(C)CCC(O)S. The maximum absolute atomic E-state index is 9.18. The van der Waals surface area contributed by atoms with Crippen molar-refractivity contribution in [3.8, 4) is 0 Å². The van der Waals surface area contributed by atoms with Crippen molar-refractivity contribution in [3.63, 3.8) is 0 Å². The van der Waals surface area contributed by atoms with Crippen molar-refractivity contribution >= 4 is 12.6 Å². The topological polar surface area (TPSA) is 20.2 Å². The summed E-state index contributed by atoms with van der Waals surface area (Å²) in [6.07, 6.45) is 26.3. The van der Waals surface area contributed by atoms with Crippen LogP contribution >= 0.6 is 12.6 Å². The van der Waals surface area contributed by atoms with E-state index >= 15 is 0 Å². The van der Waals surface area contributed by atoms with Crippen LogP contribution in [0.1, 0.15) is 136 Å². The molecule has 0 aromatic rings. The average molecular weight is 373 g/mol. The van der Waals surface area contributed by atoms with Gasteiger partial charge in [-0.25, -0.2) is 0 Å². The van der Waals surface area contributed by atoms with E-state index in [1.54, 1.807) is 0 Å². The van der Waals surface area contributed by atoms with Crippen LogP contribution in [0.4, 0.5) is 0 Å². The molecule has 1 N–H and O–H groups in total. The van der Waals surface area contributed by atoms with Crippen LogP contribution in [0.15, 0.2) is 0 Å². The highest BCUT2D eigenvalue weighted by Gasteiger charge is 2.04. The first kappa shape index (κ1) is 25.3. The summed E-state index contributed by atoms with van der Waals surface area (Å²) in [5.74, 6) is 0.744. The molecule has 0 saturated carbocycles. The Morgan fingerprint density at radius 2 is 0.920 bits per heavy atom. The van der Waals surface area contributed by atoms with E-state index in [-0.39, 0.29) is 0 Å². The Morgan fingerprint density at radius 1 is 0.560 bits per heavy atom. The molecule has 1 nitrogen and oxygen atoms in total. The van der Waals surface area contributed by atoms with Crippen molar-refractivity contribution in [1.29, 1.82) is 0 Å². The van der Waals surface area contributed by atoms with Crippen molar-refractivity contribution in [2.75, 3.05) is 0 Å². The number of rotatable bonds is 20. The zero-order valence-corrected chi connectivity index (χ0v) is 18.4. The zero-order chi connectivity index (χ0) is 18.6. The van der Waals surface area contributed by atoms with Gasteiger partial charge in [0.15, 0.2) is 0 Å². The summed E-state index contributed by atoms with van der Waals surface area (Å²) in [7, 11) is 0. The minimum Gasteiger partial charge on any atom is -0.383 e. The van der Waals surface area contributed by atoms with Crippen LogP contribution < -0.4 is 0 Å². The molecule has 2 heteroatoms. The first-order chi connectivity index (χ1) is 12.2. The van der Waals surface area contributed by atoms with Crippen LogP contribution in [0, 0.1) is 5.92 Å². The number of thiol groups is 1. The Bertz CT molecular complexity index is 242. The smallest absolute Gasteiger partial charge is 0.0964 e. The van der Waals surface area contributed by atoms with E-state index in [2.05, 4.69) is 26.5 Å². The van der Waals surface area contributed by atoms with Gasteiger partial charge in [-0.2, -0.15) is 0 Å². The first-order valence-corrected chi connectivity index (χ1v) is 12.0. The quantitative estimate of drug-likeness (QED) is 0.125. The van der Waals surface area contributed by atoms with Crippen LogP contribution in [0.25, 0.3) is 0 Å². The van der Waals surface area contributed by atoms with Gasteiger partial charge < -0.3 is 5.11 Å². The van der Waals surface area contributed by atoms with Gasteiger partial charge in [0.1, 0.15) is 0 Å². The van der Waals surface area contributed by atoms with Gasteiger partial charge in [-0.3, -0.25) is 0 Å². The maximum Gasteiger partial charge on any atom is 0.0964 e. The molecule has 2 unspecified atom stereocenters. The number of hydrogen-bond donors (Lipinski definition) is 2.